The molecule has 0 aromatic heterocycles. The first-order chi connectivity index (χ1) is 14.5. The van der Waals surface area contributed by atoms with Crippen molar-refractivity contribution < 1.29 is 26.8 Å². The molecule has 31 heavy (non-hydrogen) atoms. The molecule has 0 spiro atoms. The van der Waals surface area contributed by atoms with Crippen molar-refractivity contribution in [2.45, 2.75) is 19.5 Å². The molecule has 0 saturated carbocycles. The zero-order chi connectivity index (χ0) is 23.3. The van der Waals surface area contributed by atoms with Crippen molar-refractivity contribution in [3.63, 3.8) is 0 Å². The molecular formula is C20H22ClF2N3O4S. The molecule has 0 aliphatic carbocycles. The Morgan fingerprint density at radius 1 is 1.13 bits per heavy atom. The number of amides is 2. The molecule has 0 aliphatic rings. The van der Waals surface area contributed by atoms with Crippen LogP contribution in [0.4, 0.5) is 14.5 Å². The van der Waals surface area contributed by atoms with Gasteiger partial charge >= 0.3 is 0 Å². The number of rotatable bonds is 8. The monoisotopic (exact) mass is 473 g/mol. The number of nitrogens with zero attached hydrogens (tertiary/aromatic N) is 2. The molecule has 2 aromatic rings. The molecular weight excluding hydrogens is 452 g/mol. The van der Waals surface area contributed by atoms with Gasteiger partial charge in [-0.1, -0.05) is 29.8 Å². The normalized spacial score (nSPS) is 12.2. The summed E-state index contributed by atoms with van der Waals surface area (Å²) < 4.78 is 52.2. The Bertz CT molecular complexity index is 1080. The van der Waals surface area contributed by atoms with Crippen molar-refractivity contribution in [1.82, 2.24) is 10.2 Å². The minimum Gasteiger partial charge on any atom is -0.357 e. The summed E-state index contributed by atoms with van der Waals surface area (Å²) in [4.78, 5) is 26.5. The van der Waals surface area contributed by atoms with E-state index < -0.39 is 46.1 Å². The van der Waals surface area contributed by atoms with E-state index in [9.17, 15) is 26.8 Å². The van der Waals surface area contributed by atoms with E-state index in [0.717, 1.165) is 23.3 Å². The van der Waals surface area contributed by atoms with Gasteiger partial charge in [0.15, 0.2) is 11.6 Å². The van der Waals surface area contributed by atoms with Crippen LogP contribution in [0.2, 0.25) is 5.02 Å². The highest BCUT2D eigenvalue weighted by Crippen LogP contribution is 2.23. The van der Waals surface area contributed by atoms with Crippen LogP contribution in [0, 0.1) is 11.6 Å². The Kier molecular flexibility index (Phi) is 7.96. The van der Waals surface area contributed by atoms with E-state index in [2.05, 4.69) is 5.32 Å². The Labute approximate surface area is 184 Å². The number of nitrogens with one attached hydrogen (secondary N) is 1. The maximum Gasteiger partial charge on any atom is 0.244 e. The molecule has 0 heterocycles. The van der Waals surface area contributed by atoms with Crippen LogP contribution in [-0.2, 0) is 26.2 Å². The van der Waals surface area contributed by atoms with Crippen LogP contribution in [-0.4, -0.2) is 51.0 Å². The van der Waals surface area contributed by atoms with E-state index in [-0.39, 0.29) is 12.2 Å². The fourth-order valence-corrected chi connectivity index (χ4v) is 3.89. The molecule has 1 N–H and O–H groups in total. The van der Waals surface area contributed by atoms with E-state index in [0.29, 0.717) is 21.0 Å². The molecule has 11 heteroatoms. The van der Waals surface area contributed by atoms with Gasteiger partial charge in [0.2, 0.25) is 21.8 Å². The third kappa shape index (κ3) is 6.14. The minimum absolute atomic E-state index is 0.0670. The first-order valence-electron chi connectivity index (χ1n) is 9.13. The maximum absolute atomic E-state index is 13.7. The van der Waals surface area contributed by atoms with E-state index >= 15 is 0 Å². The van der Waals surface area contributed by atoms with Gasteiger partial charge in [-0.15, -0.1) is 0 Å². The Hall–Kier alpha value is -2.72. The minimum atomic E-state index is -4.04. The molecule has 1 unspecified atom stereocenters. The first-order valence-corrected chi connectivity index (χ1v) is 11.4. The zero-order valence-electron chi connectivity index (χ0n) is 17.1. The highest BCUT2D eigenvalue weighted by atomic mass is 35.5. The van der Waals surface area contributed by atoms with Crippen LogP contribution in [0.25, 0.3) is 0 Å². The SMILES string of the molecule is CNC(=O)C(C)N(Cc1ccccc1Cl)C(=O)CN(c1ccc(F)c(F)c1)S(C)(=O)=O. The summed E-state index contributed by atoms with van der Waals surface area (Å²) in [5.41, 5.74) is 0.326. The van der Waals surface area contributed by atoms with E-state index in [4.69, 9.17) is 11.6 Å². The molecule has 0 saturated heterocycles. The molecule has 168 valence electrons. The van der Waals surface area contributed by atoms with Gasteiger partial charge in [-0.3, -0.25) is 13.9 Å². The Balaban J connectivity index is 2.42. The predicted octanol–water partition coefficient (Wildman–Crippen LogP) is 2.55. The van der Waals surface area contributed by atoms with E-state index in [1.54, 1.807) is 24.3 Å². The smallest absolute Gasteiger partial charge is 0.244 e. The molecule has 0 radical (unpaired) electrons. The molecule has 0 aliphatic heterocycles. The largest absolute Gasteiger partial charge is 0.357 e. The molecule has 2 rings (SSSR count). The standard InChI is InChI=1S/C20H22ClF2N3O4S/c1-13(20(28)24-2)25(11-14-6-4-5-7-16(14)21)19(27)12-26(31(3,29)30)15-8-9-17(22)18(23)10-15/h4-10,13H,11-12H2,1-3H3,(H,24,28). The van der Waals surface area contributed by atoms with Crippen molar-refractivity contribution in [2.75, 3.05) is 24.2 Å². The highest BCUT2D eigenvalue weighted by Gasteiger charge is 2.30. The second-order valence-corrected chi connectivity index (χ2v) is 9.09. The van der Waals surface area contributed by atoms with Crippen molar-refractivity contribution in [2.24, 2.45) is 0 Å². The van der Waals surface area contributed by atoms with Crippen LogP contribution in [0.15, 0.2) is 42.5 Å². The summed E-state index contributed by atoms with van der Waals surface area (Å²) in [7, 11) is -2.63. The lowest BCUT2D eigenvalue weighted by Crippen LogP contribution is -2.50. The average molecular weight is 474 g/mol. The number of likely N-dealkylation sites (N-methyl/N-ethyl adjacent to an activating group) is 1. The summed E-state index contributed by atoms with van der Waals surface area (Å²) in [6.07, 6.45) is 0.835. The second kappa shape index (κ2) is 10.1. The number of hydrogen-bond donors (Lipinski definition) is 1. The summed E-state index contributed by atoms with van der Waals surface area (Å²) in [6.45, 7) is 0.689. The summed E-state index contributed by atoms with van der Waals surface area (Å²) >= 11 is 6.18. The Morgan fingerprint density at radius 3 is 2.32 bits per heavy atom. The molecule has 2 amide bonds. The third-order valence-electron chi connectivity index (χ3n) is 4.58. The maximum atomic E-state index is 13.7. The number of hydrogen-bond acceptors (Lipinski definition) is 4. The fraction of sp³-hybridized carbons (Fsp3) is 0.300. The van der Waals surface area contributed by atoms with Gasteiger partial charge in [0.05, 0.1) is 11.9 Å². The molecule has 2 aromatic carbocycles. The van der Waals surface area contributed by atoms with Crippen molar-refractivity contribution >= 4 is 39.1 Å². The van der Waals surface area contributed by atoms with Gasteiger partial charge in [0.1, 0.15) is 12.6 Å². The molecule has 7 nitrogen and oxygen atoms in total. The van der Waals surface area contributed by atoms with Gasteiger partial charge in [-0.25, -0.2) is 17.2 Å². The van der Waals surface area contributed by atoms with Crippen molar-refractivity contribution in [3.8, 4) is 0 Å². The lowest BCUT2D eigenvalue weighted by Gasteiger charge is -2.31. The number of carbonyl (C=O) groups is 2. The highest BCUT2D eigenvalue weighted by molar-refractivity contribution is 7.92. The van der Waals surface area contributed by atoms with Gasteiger partial charge < -0.3 is 10.2 Å². The van der Waals surface area contributed by atoms with Crippen LogP contribution < -0.4 is 9.62 Å². The third-order valence-corrected chi connectivity index (χ3v) is 6.09. The van der Waals surface area contributed by atoms with Gasteiger partial charge in [-0.2, -0.15) is 0 Å². The summed E-state index contributed by atoms with van der Waals surface area (Å²) in [5, 5.41) is 2.81. The van der Waals surface area contributed by atoms with Crippen LogP contribution in [0.3, 0.4) is 0 Å². The van der Waals surface area contributed by atoms with Crippen LogP contribution >= 0.6 is 11.6 Å². The lowest BCUT2D eigenvalue weighted by molar-refractivity contribution is -0.139. The lowest BCUT2D eigenvalue weighted by atomic mass is 10.1. The molecule has 0 fully saturated rings. The van der Waals surface area contributed by atoms with Gasteiger partial charge in [0.25, 0.3) is 0 Å². The number of sulfonamides is 1. The summed E-state index contributed by atoms with van der Waals surface area (Å²) in [5.74, 6) is -3.62. The number of carbonyl (C=O) groups excluding carboxylic acids is 2. The molecule has 0 bridgehead atoms. The first kappa shape index (κ1) is 24.5. The van der Waals surface area contributed by atoms with Crippen LogP contribution in [0.5, 0.6) is 0 Å². The van der Waals surface area contributed by atoms with Crippen molar-refractivity contribution in [3.05, 3.63) is 64.7 Å². The van der Waals surface area contributed by atoms with E-state index in [1.165, 1.54) is 14.0 Å². The zero-order valence-corrected chi connectivity index (χ0v) is 18.7. The van der Waals surface area contributed by atoms with E-state index in [1.807, 2.05) is 0 Å². The average Bonchev–Trinajstić information content (AvgIpc) is 2.71. The van der Waals surface area contributed by atoms with Gasteiger partial charge in [-0.05, 0) is 30.7 Å². The summed E-state index contributed by atoms with van der Waals surface area (Å²) in [6, 6.07) is 8.24. The van der Waals surface area contributed by atoms with Crippen molar-refractivity contribution in [1.29, 1.82) is 0 Å². The molecule has 1 atom stereocenters. The number of halogens is 3. The number of benzene rings is 2. The second-order valence-electron chi connectivity index (χ2n) is 6.77. The van der Waals surface area contributed by atoms with Crippen LogP contribution in [0.1, 0.15) is 12.5 Å². The fourth-order valence-electron chi connectivity index (χ4n) is 2.86. The topological polar surface area (TPSA) is 86.8 Å². The quantitative estimate of drug-likeness (QED) is 0.638. The Morgan fingerprint density at radius 2 is 1.77 bits per heavy atom. The number of anilines is 1. The predicted molar refractivity (Wildman–Crippen MR) is 114 cm³/mol. The van der Waals surface area contributed by atoms with Gasteiger partial charge in [0, 0.05) is 24.7 Å².